The number of thiocarbonyl (C=S) groups is 1. The van der Waals surface area contributed by atoms with Crippen LogP contribution in [0.3, 0.4) is 0 Å². The van der Waals surface area contributed by atoms with Gasteiger partial charge in [-0.15, -0.1) is 0 Å². The Balaban J connectivity index is 1.56. The maximum absolute atomic E-state index is 12.9. The van der Waals surface area contributed by atoms with Crippen molar-refractivity contribution in [1.82, 2.24) is 10.2 Å². The molecule has 1 fully saturated rings. The van der Waals surface area contributed by atoms with Gasteiger partial charge in [-0.2, -0.15) is 13.2 Å². The zero-order valence-electron chi connectivity index (χ0n) is 16.7. The lowest BCUT2D eigenvalue weighted by molar-refractivity contribution is -0.384. The Morgan fingerprint density at radius 2 is 1.78 bits per heavy atom. The molecule has 0 aromatic heterocycles. The van der Waals surface area contributed by atoms with E-state index < -0.39 is 28.3 Å². The van der Waals surface area contributed by atoms with Crippen LogP contribution in [0.25, 0.3) is 0 Å². The van der Waals surface area contributed by atoms with Gasteiger partial charge in [0.05, 0.1) is 10.5 Å². The molecule has 1 heterocycles. The van der Waals surface area contributed by atoms with E-state index in [4.69, 9.17) is 17.0 Å². The topological polar surface area (TPSA) is 88.0 Å². The molecule has 0 atom stereocenters. The first-order valence-electron chi connectivity index (χ1n) is 9.52. The molecule has 0 saturated carbocycles. The van der Waals surface area contributed by atoms with Gasteiger partial charge >= 0.3 is 6.18 Å². The number of nitrogens with zero attached hydrogens (tertiary/aromatic N) is 3. The number of nitrogens with one attached hydrogen (secondary N) is 1. The summed E-state index contributed by atoms with van der Waals surface area (Å²) in [6, 6.07) is 11.3. The third-order valence-electron chi connectivity index (χ3n) is 4.77. The van der Waals surface area contributed by atoms with E-state index in [0.29, 0.717) is 24.9 Å². The molecule has 3 rings (SSSR count). The Morgan fingerprint density at radius 3 is 2.38 bits per heavy atom. The lowest BCUT2D eigenvalue weighted by Gasteiger charge is -2.37. The summed E-state index contributed by atoms with van der Waals surface area (Å²) in [6.07, 6.45) is -4.67. The summed E-state index contributed by atoms with van der Waals surface area (Å²) in [5, 5.41) is 14.1. The molecule has 8 nitrogen and oxygen atoms in total. The van der Waals surface area contributed by atoms with Crippen LogP contribution in [0, 0.1) is 10.1 Å². The number of rotatable bonds is 5. The Bertz CT molecular complexity index is 996. The molecule has 2 aromatic carbocycles. The third-order valence-corrected chi connectivity index (χ3v) is 5.13. The van der Waals surface area contributed by atoms with Crippen LogP contribution in [0.15, 0.2) is 48.5 Å². The van der Waals surface area contributed by atoms with E-state index in [1.54, 1.807) is 34.1 Å². The molecular weight excluding hydrogens is 449 g/mol. The van der Waals surface area contributed by atoms with Gasteiger partial charge in [-0.25, -0.2) is 0 Å². The predicted molar refractivity (Wildman–Crippen MR) is 115 cm³/mol. The van der Waals surface area contributed by atoms with E-state index in [1.807, 2.05) is 6.07 Å². The monoisotopic (exact) mass is 468 g/mol. The van der Waals surface area contributed by atoms with Crippen LogP contribution in [-0.4, -0.2) is 53.6 Å². The first-order valence-corrected chi connectivity index (χ1v) is 9.93. The van der Waals surface area contributed by atoms with Crippen LogP contribution in [0.1, 0.15) is 5.56 Å². The SMILES string of the molecule is O=C(COc1ccccc1)NC(=S)N1CCN(c2ccc(C(F)(F)F)cc2[N+](=O)[O-])CC1. The molecule has 170 valence electrons. The van der Waals surface area contributed by atoms with E-state index in [9.17, 15) is 28.1 Å². The van der Waals surface area contributed by atoms with Crippen LogP contribution in [0.2, 0.25) is 0 Å². The fourth-order valence-electron chi connectivity index (χ4n) is 3.16. The van der Waals surface area contributed by atoms with Gasteiger partial charge in [-0.1, -0.05) is 18.2 Å². The van der Waals surface area contributed by atoms with Crippen molar-refractivity contribution in [2.24, 2.45) is 0 Å². The highest BCUT2D eigenvalue weighted by molar-refractivity contribution is 7.80. The quantitative estimate of drug-likeness (QED) is 0.410. The Hall–Kier alpha value is -3.41. The molecule has 1 aliphatic heterocycles. The zero-order chi connectivity index (χ0) is 23.3. The minimum atomic E-state index is -4.67. The van der Waals surface area contributed by atoms with Gasteiger partial charge in [0.15, 0.2) is 11.7 Å². The lowest BCUT2D eigenvalue weighted by Crippen LogP contribution is -2.53. The molecule has 1 N–H and O–H groups in total. The molecule has 1 aliphatic rings. The number of halogens is 3. The molecule has 0 radical (unpaired) electrons. The predicted octanol–water partition coefficient (Wildman–Crippen LogP) is 3.22. The number of ether oxygens (including phenoxy) is 1. The summed E-state index contributed by atoms with van der Waals surface area (Å²) in [7, 11) is 0. The summed E-state index contributed by atoms with van der Waals surface area (Å²) in [6.45, 7) is 1.00. The second-order valence-electron chi connectivity index (χ2n) is 6.89. The van der Waals surface area contributed by atoms with Crippen LogP contribution in [0.5, 0.6) is 5.75 Å². The number of benzene rings is 2. The van der Waals surface area contributed by atoms with Crippen molar-refractivity contribution in [3.8, 4) is 5.75 Å². The smallest absolute Gasteiger partial charge is 0.416 e. The number of nitro groups is 1. The van der Waals surface area contributed by atoms with Gasteiger partial charge in [0.1, 0.15) is 11.4 Å². The summed E-state index contributed by atoms with van der Waals surface area (Å²) >= 11 is 5.25. The van der Waals surface area contributed by atoms with Crippen molar-refractivity contribution in [3.63, 3.8) is 0 Å². The zero-order valence-corrected chi connectivity index (χ0v) is 17.5. The molecule has 0 aliphatic carbocycles. The number of anilines is 1. The van der Waals surface area contributed by atoms with Crippen LogP contribution in [-0.2, 0) is 11.0 Å². The van der Waals surface area contributed by atoms with Crippen LogP contribution >= 0.6 is 12.2 Å². The summed E-state index contributed by atoms with van der Waals surface area (Å²) in [4.78, 5) is 25.9. The number of alkyl halides is 3. The first-order chi connectivity index (χ1) is 15.1. The summed E-state index contributed by atoms with van der Waals surface area (Å²) in [5.74, 6) is 0.111. The number of hydrogen-bond donors (Lipinski definition) is 1. The number of piperazine rings is 1. The van der Waals surface area contributed by atoms with Gasteiger partial charge in [-0.05, 0) is 36.5 Å². The number of amides is 1. The normalized spacial score (nSPS) is 14.1. The van der Waals surface area contributed by atoms with Crippen LogP contribution < -0.4 is 15.0 Å². The highest BCUT2D eigenvalue weighted by Crippen LogP contribution is 2.36. The number of nitro benzene ring substituents is 1. The van der Waals surface area contributed by atoms with Gasteiger partial charge < -0.3 is 19.9 Å². The molecular formula is C20H19F3N4O4S. The molecule has 1 amide bonds. The van der Waals surface area contributed by atoms with Crippen molar-refractivity contribution in [1.29, 1.82) is 0 Å². The van der Waals surface area contributed by atoms with E-state index in [1.165, 1.54) is 0 Å². The van der Waals surface area contributed by atoms with Crippen LogP contribution in [0.4, 0.5) is 24.5 Å². The molecule has 12 heteroatoms. The lowest BCUT2D eigenvalue weighted by atomic mass is 10.1. The number of carbonyl (C=O) groups is 1. The van der Waals surface area contributed by atoms with Gasteiger partial charge in [0.25, 0.3) is 11.6 Å². The highest BCUT2D eigenvalue weighted by Gasteiger charge is 2.34. The maximum Gasteiger partial charge on any atom is 0.416 e. The highest BCUT2D eigenvalue weighted by atomic mass is 32.1. The third kappa shape index (κ3) is 5.84. The Kier molecular flexibility index (Phi) is 7.13. The van der Waals surface area contributed by atoms with Gasteiger partial charge in [0, 0.05) is 32.2 Å². The molecule has 32 heavy (non-hydrogen) atoms. The van der Waals surface area contributed by atoms with E-state index in [0.717, 1.165) is 12.1 Å². The Morgan fingerprint density at radius 1 is 1.12 bits per heavy atom. The minimum Gasteiger partial charge on any atom is -0.484 e. The molecule has 0 unspecified atom stereocenters. The largest absolute Gasteiger partial charge is 0.484 e. The average molecular weight is 468 g/mol. The number of para-hydroxylation sites is 1. The summed E-state index contributed by atoms with van der Waals surface area (Å²) < 4.78 is 44.1. The Labute approximate surface area is 186 Å². The van der Waals surface area contributed by atoms with Gasteiger partial charge in [0.2, 0.25) is 0 Å². The number of hydrogen-bond acceptors (Lipinski definition) is 6. The number of carbonyl (C=O) groups excluding carboxylic acids is 1. The van der Waals surface area contributed by atoms with Crippen molar-refractivity contribution in [2.75, 3.05) is 37.7 Å². The molecule has 0 spiro atoms. The van der Waals surface area contributed by atoms with E-state index in [2.05, 4.69) is 5.32 Å². The van der Waals surface area contributed by atoms with E-state index >= 15 is 0 Å². The fraction of sp³-hybridized carbons (Fsp3) is 0.300. The van der Waals surface area contributed by atoms with Gasteiger partial charge in [-0.3, -0.25) is 14.9 Å². The minimum absolute atomic E-state index is 0.105. The second-order valence-corrected chi connectivity index (χ2v) is 7.27. The maximum atomic E-state index is 12.9. The standard InChI is InChI=1S/C20H19F3N4O4S/c21-20(22,23)14-6-7-16(17(12-14)27(29)30)25-8-10-26(11-9-25)19(32)24-18(28)13-31-15-4-2-1-3-5-15/h1-7,12H,8-11,13H2,(H,24,28,32). The summed E-state index contributed by atoms with van der Waals surface area (Å²) in [5.41, 5.74) is -1.58. The molecule has 0 bridgehead atoms. The van der Waals surface area contributed by atoms with E-state index in [-0.39, 0.29) is 30.5 Å². The van der Waals surface area contributed by atoms with Crippen molar-refractivity contribution < 1.29 is 27.6 Å². The van der Waals surface area contributed by atoms with Crippen molar-refractivity contribution in [2.45, 2.75) is 6.18 Å². The second kappa shape index (κ2) is 9.81. The molecule has 2 aromatic rings. The average Bonchev–Trinajstić information content (AvgIpc) is 2.77. The van der Waals surface area contributed by atoms with Crippen molar-refractivity contribution in [3.05, 3.63) is 64.2 Å². The van der Waals surface area contributed by atoms with Crippen molar-refractivity contribution >= 4 is 34.6 Å². The molecule has 1 saturated heterocycles. The first kappa shape index (κ1) is 23.3. The fourth-order valence-corrected chi connectivity index (χ4v) is 3.46.